The molecule has 2 heteroatoms. The van der Waals surface area contributed by atoms with Crippen molar-refractivity contribution < 1.29 is 4.79 Å². The monoisotopic (exact) mass is 181 g/mol. The molecule has 0 aliphatic heterocycles. The highest BCUT2D eigenvalue weighted by atomic mass is 16.1. The molecule has 0 unspecified atom stereocenters. The number of allylic oxidation sites excluding steroid dienone is 2. The van der Waals surface area contributed by atoms with E-state index in [1.165, 1.54) is 12.8 Å². The number of hydrogen-bond donors (Lipinski definition) is 1. The summed E-state index contributed by atoms with van der Waals surface area (Å²) < 4.78 is 0. The van der Waals surface area contributed by atoms with Gasteiger partial charge in [-0.3, -0.25) is 4.79 Å². The van der Waals surface area contributed by atoms with Gasteiger partial charge in [0.2, 0.25) is 0 Å². The molecule has 0 bridgehead atoms. The van der Waals surface area contributed by atoms with E-state index in [4.69, 9.17) is 0 Å². The molecule has 1 aliphatic rings. The summed E-state index contributed by atoms with van der Waals surface area (Å²) in [4.78, 5) is 10.9. The molecule has 1 N–H and O–H groups in total. The first-order valence-electron chi connectivity index (χ1n) is 5.23. The van der Waals surface area contributed by atoms with E-state index in [1.807, 2.05) is 0 Å². The van der Waals surface area contributed by atoms with E-state index in [2.05, 4.69) is 19.2 Å². The Balaban J connectivity index is 2.25. The van der Waals surface area contributed by atoms with Gasteiger partial charge in [0.1, 0.15) is 0 Å². The fraction of sp³-hybridized carbons (Fsp3) is 0.727. The maximum atomic E-state index is 10.9. The van der Waals surface area contributed by atoms with Crippen molar-refractivity contribution in [3.8, 4) is 0 Å². The zero-order valence-electron chi connectivity index (χ0n) is 8.60. The lowest BCUT2D eigenvalue weighted by Gasteiger charge is -2.14. The van der Waals surface area contributed by atoms with E-state index < -0.39 is 0 Å². The van der Waals surface area contributed by atoms with Crippen LogP contribution in [0.2, 0.25) is 0 Å². The minimum Gasteiger partial charge on any atom is -0.388 e. The molecule has 0 amide bonds. The van der Waals surface area contributed by atoms with Gasteiger partial charge in [0.25, 0.3) is 0 Å². The zero-order chi connectivity index (χ0) is 9.68. The van der Waals surface area contributed by atoms with E-state index in [0.717, 1.165) is 24.6 Å². The van der Waals surface area contributed by atoms with Crippen molar-refractivity contribution >= 4 is 5.78 Å². The largest absolute Gasteiger partial charge is 0.388 e. The number of carbonyl (C=O) groups is 1. The first kappa shape index (κ1) is 10.3. The topological polar surface area (TPSA) is 29.1 Å². The Morgan fingerprint density at radius 1 is 1.38 bits per heavy atom. The summed E-state index contributed by atoms with van der Waals surface area (Å²) in [5.41, 5.74) is 1.14. The summed E-state index contributed by atoms with van der Waals surface area (Å²) in [5, 5.41) is 3.35. The number of carbonyl (C=O) groups excluding carboxylic acids is 1. The lowest BCUT2D eigenvalue weighted by Crippen LogP contribution is -2.20. The summed E-state index contributed by atoms with van der Waals surface area (Å²) in [6, 6.07) is 0. The fourth-order valence-corrected chi connectivity index (χ4v) is 1.59. The molecule has 0 aromatic heterocycles. The highest BCUT2D eigenvalue weighted by Crippen LogP contribution is 2.13. The van der Waals surface area contributed by atoms with Crippen LogP contribution in [0, 0.1) is 5.92 Å². The number of hydrogen-bond acceptors (Lipinski definition) is 2. The molecule has 0 spiro atoms. The third kappa shape index (κ3) is 3.21. The lowest BCUT2D eigenvalue weighted by atomic mass is 10.0. The van der Waals surface area contributed by atoms with Gasteiger partial charge in [0.15, 0.2) is 5.78 Å². The maximum Gasteiger partial charge on any atom is 0.157 e. The predicted octanol–water partition coefficient (Wildman–Crippen LogP) is 2.26. The third-order valence-corrected chi connectivity index (χ3v) is 2.75. The molecule has 74 valence electrons. The fourth-order valence-electron chi connectivity index (χ4n) is 1.59. The van der Waals surface area contributed by atoms with Gasteiger partial charge >= 0.3 is 0 Å². The smallest absolute Gasteiger partial charge is 0.157 e. The summed E-state index contributed by atoms with van der Waals surface area (Å²) in [6.07, 6.45) is 5.79. The van der Waals surface area contributed by atoms with Crippen molar-refractivity contribution in [1.29, 1.82) is 0 Å². The zero-order valence-corrected chi connectivity index (χ0v) is 8.60. The number of rotatable bonds is 5. The molecule has 1 aliphatic carbocycles. The summed E-state index contributed by atoms with van der Waals surface area (Å²) in [7, 11) is 0. The van der Waals surface area contributed by atoms with Crippen molar-refractivity contribution in [3.05, 3.63) is 11.8 Å². The predicted molar refractivity (Wildman–Crippen MR) is 54.4 cm³/mol. The normalized spacial score (nSPS) is 16.5. The molecular formula is C11H19NO. The van der Waals surface area contributed by atoms with Gasteiger partial charge in [-0.05, 0) is 12.3 Å². The third-order valence-electron chi connectivity index (χ3n) is 2.75. The van der Waals surface area contributed by atoms with Crippen LogP contribution in [-0.4, -0.2) is 12.3 Å². The Morgan fingerprint density at radius 3 is 2.54 bits per heavy atom. The van der Waals surface area contributed by atoms with E-state index in [9.17, 15) is 4.79 Å². The van der Waals surface area contributed by atoms with E-state index >= 15 is 0 Å². The van der Waals surface area contributed by atoms with Gasteiger partial charge in [0.05, 0.1) is 0 Å². The Labute approximate surface area is 80.4 Å². The van der Waals surface area contributed by atoms with Crippen LogP contribution >= 0.6 is 0 Å². The molecule has 0 atom stereocenters. The Kier molecular flexibility index (Phi) is 4.00. The van der Waals surface area contributed by atoms with Crippen molar-refractivity contribution in [1.82, 2.24) is 5.32 Å². The van der Waals surface area contributed by atoms with Crippen LogP contribution < -0.4 is 5.32 Å². The molecule has 0 radical (unpaired) electrons. The summed E-state index contributed by atoms with van der Waals surface area (Å²) in [5.74, 6) is 1.02. The van der Waals surface area contributed by atoms with Crippen LogP contribution in [0.5, 0.6) is 0 Å². The average molecular weight is 181 g/mol. The van der Waals surface area contributed by atoms with Gasteiger partial charge in [0, 0.05) is 24.7 Å². The van der Waals surface area contributed by atoms with Crippen LogP contribution in [0.15, 0.2) is 11.8 Å². The van der Waals surface area contributed by atoms with Crippen LogP contribution in [0.4, 0.5) is 0 Å². The molecule has 0 heterocycles. The van der Waals surface area contributed by atoms with Gasteiger partial charge in [-0.25, -0.2) is 0 Å². The second-order valence-corrected chi connectivity index (χ2v) is 3.70. The minimum absolute atomic E-state index is 0.270. The van der Waals surface area contributed by atoms with Crippen molar-refractivity contribution in [3.63, 3.8) is 0 Å². The Hall–Kier alpha value is -0.790. The van der Waals surface area contributed by atoms with Gasteiger partial charge in [-0.1, -0.05) is 26.7 Å². The van der Waals surface area contributed by atoms with Crippen LogP contribution in [0.1, 0.15) is 39.5 Å². The quantitative estimate of drug-likeness (QED) is 0.705. The second-order valence-electron chi connectivity index (χ2n) is 3.70. The first-order valence-corrected chi connectivity index (χ1v) is 5.23. The summed E-state index contributed by atoms with van der Waals surface area (Å²) >= 11 is 0. The van der Waals surface area contributed by atoms with Gasteiger partial charge in [-0.15, -0.1) is 0 Å². The Morgan fingerprint density at radius 2 is 2.08 bits per heavy atom. The highest BCUT2D eigenvalue weighted by Gasteiger charge is 2.12. The van der Waals surface area contributed by atoms with E-state index in [-0.39, 0.29) is 5.78 Å². The van der Waals surface area contributed by atoms with E-state index in [1.54, 1.807) is 6.08 Å². The average Bonchev–Trinajstić information content (AvgIpc) is 2.53. The molecule has 0 aromatic carbocycles. The molecule has 0 fully saturated rings. The molecule has 1 rings (SSSR count). The molecule has 2 nitrogen and oxygen atoms in total. The van der Waals surface area contributed by atoms with E-state index in [0.29, 0.717) is 6.42 Å². The molecular weight excluding hydrogens is 162 g/mol. The van der Waals surface area contributed by atoms with Gasteiger partial charge in [-0.2, -0.15) is 0 Å². The lowest BCUT2D eigenvalue weighted by molar-refractivity contribution is -0.114. The molecule has 0 aromatic rings. The van der Waals surface area contributed by atoms with Gasteiger partial charge < -0.3 is 5.32 Å². The van der Waals surface area contributed by atoms with Crippen LogP contribution in [-0.2, 0) is 4.79 Å². The second kappa shape index (κ2) is 5.05. The number of nitrogens with one attached hydrogen (secondary N) is 1. The SMILES string of the molecule is CCC(CC)CNC1=CC(=O)CC1. The molecule has 13 heavy (non-hydrogen) atoms. The standard InChI is InChI=1S/C11H19NO/c1-3-9(4-2)8-12-10-5-6-11(13)7-10/h7,9,12H,3-6,8H2,1-2H3. The van der Waals surface area contributed by atoms with Crippen molar-refractivity contribution in [2.24, 2.45) is 5.92 Å². The van der Waals surface area contributed by atoms with Crippen LogP contribution in [0.3, 0.4) is 0 Å². The highest BCUT2D eigenvalue weighted by molar-refractivity contribution is 5.92. The van der Waals surface area contributed by atoms with Crippen molar-refractivity contribution in [2.75, 3.05) is 6.54 Å². The molecule has 0 saturated heterocycles. The van der Waals surface area contributed by atoms with Crippen molar-refractivity contribution in [2.45, 2.75) is 39.5 Å². The summed E-state index contributed by atoms with van der Waals surface area (Å²) in [6.45, 7) is 5.44. The minimum atomic E-state index is 0.270. The first-order chi connectivity index (χ1) is 6.26. The molecule has 0 saturated carbocycles. The Bertz CT molecular complexity index is 204. The van der Waals surface area contributed by atoms with Crippen LogP contribution in [0.25, 0.3) is 0 Å². The number of ketones is 1. The maximum absolute atomic E-state index is 10.9.